The number of rotatable bonds is 3. The molecule has 2 heterocycles. The molecule has 0 N–H and O–H groups in total. The van der Waals surface area contributed by atoms with E-state index in [-0.39, 0.29) is 12.3 Å². The Morgan fingerprint density at radius 2 is 1.26 bits per heavy atom. The summed E-state index contributed by atoms with van der Waals surface area (Å²) in [5.41, 5.74) is 7.01. The quantitative estimate of drug-likeness (QED) is 0.386. The fourth-order valence-corrected chi connectivity index (χ4v) is 4.53. The Labute approximate surface area is 182 Å². The maximum atomic E-state index is 6.48. The van der Waals surface area contributed by atoms with Crippen molar-refractivity contribution in [1.29, 1.82) is 0 Å². The highest BCUT2D eigenvalue weighted by molar-refractivity contribution is 6.01. The molecule has 0 saturated heterocycles. The van der Waals surface area contributed by atoms with Crippen molar-refractivity contribution in [3.63, 3.8) is 0 Å². The van der Waals surface area contributed by atoms with Crippen molar-refractivity contribution < 1.29 is 4.74 Å². The lowest BCUT2D eigenvalue weighted by atomic mass is 9.95. The number of nitrogens with zero attached hydrogens (tertiary/aromatic N) is 2. The molecule has 2 atom stereocenters. The second kappa shape index (κ2) is 7.44. The molecule has 31 heavy (non-hydrogen) atoms. The molecule has 0 aromatic heterocycles. The Kier molecular flexibility index (Phi) is 4.31. The third-order valence-corrected chi connectivity index (χ3v) is 6.11. The van der Waals surface area contributed by atoms with Gasteiger partial charge < -0.3 is 4.74 Å². The maximum absolute atomic E-state index is 6.48. The first-order valence-electron chi connectivity index (χ1n) is 10.7. The highest BCUT2D eigenvalue weighted by Gasteiger charge is 2.40. The normalized spacial score (nSPS) is 19.2. The lowest BCUT2D eigenvalue weighted by Crippen LogP contribution is -2.33. The van der Waals surface area contributed by atoms with Gasteiger partial charge in [-0.1, -0.05) is 103 Å². The average molecular weight is 402 g/mol. The van der Waals surface area contributed by atoms with E-state index in [0.29, 0.717) is 0 Å². The molecule has 0 saturated carbocycles. The van der Waals surface area contributed by atoms with Gasteiger partial charge in [0.2, 0.25) is 6.23 Å². The third kappa shape index (κ3) is 3.19. The number of benzene rings is 4. The van der Waals surface area contributed by atoms with Crippen molar-refractivity contribution in [3.05, 3.63) is 126 Å². The molecule has 0 aliphatic carbocycles. The van der Waals surface area contributed by atoms with Crippen LogP contribution >= 0.6 is 0 Å². The van der Waals surface area contributed by atoms with Gasteiger partial charge in [0.05, 0.1) is 11.8 Å². The largest absolute Gasteiger partial charge is 0.464 e. The first kappa shape index (κ1) is 18.0. The van der Waals surface area contributed by atoms with Crippen LogP contribution in [0, 0.1) is 0 Å². The van der Waals surface area contributed by atoms with Crippen molar-refractivity contribution in [1.82, 2.24) is 5.01 Å². The molecule has 2 unspecified atom stereocenters. The smallest absolute Gasteiger partial charge is 0.213 e. The molecule has 6 rings (SSSR count). The van der Waals surface area contributed by atoms with Gasteiger partial charge in [-0.15, -0.1) is 0 Å². The fraction of sp³-hybridized carbons (Fsp3) is 0.107. The Balaban J connectivity index is 1.39. The van der Waals surface area contributed by atoms with Gasteiger partial charge in [0, 0.05) is 17.5 Å². The van der Waals surface area contributed by atoms with Crippen LogP contribution in [0.15, 0.2) is 114 Å². The topological polar surface area (TPSA) is 24.8 Å². The standard InChI is InChI=1S/C28H22N2O/c1-3-9-20(10-4-1)21-15-17-23(18-16-21)28-30-26(24-13-7-8-14-27(24)31-28)19-25(29-30)22-11-5-2-6-12-22/h1-18,26,28H,19H2. The van der Waals surface area contributed by atoms with E-state index < -0.39 is 0 Å². The summed E-state index contributed by atoms with van der Waals surface area (Å²) >= 11 is 0. The molecule has 3 heteroatoms. The van der Waals surface area contributed by atoms with Crippen molar-refractivity contribution >= 4 is 5.71 Å². The molecule has 4 aromatic carbocycles. The van der Waals surface area contributed by atoms with Gasteiger partial charge >= 0.3 is 0 Å². The monoisotopic (exact) mass is 402 g/mol. The van der Waals surface area contributed by atoms with Gasteiger partial charge in [-0.05, 0) is 22.8 Å². The van der Waals surface area contributed by atoms with Crippen molar-refractivity contribution in [2.75, 3.05) is 0 Å². The zero-order valence-corrected chi connectivity index (χ0v) is 17.1. The SMILES string of the molecule is c1ccc(C2=NN3C(C2)c2ccccc2OC3c2ccc(-c3ccccc3)cc2)cc1. The Morgan fingerprint density at radius 3 is 2.00 bits per heavy atom. The van der Waals surface area contributed by atoms with Crippen LogP contribution in [0.4, 0.5) is 0 Å². The van der Waals surface area contributed by atoms with E-state index in [4.69, 9.17) is 9.84 Å². The third-order valence-electron chi connectivity index (χ3n) is 6.11. The number of hydrogen-bond donors (Lipinski definition) is 0. The molecule has 0 fully saturated rings. The minimum absolute atomic E-state index is 0.180. The predicted octanol–water partition coefficient (Wildman–Crippen LogP) is 6.60. The fourth-order valence-electron chi connectivity index (χ4n) is 4.53. The minimum Gasteiger partial charge on any atom is -0.464 e. The lowest BCUT2D eigenvalue weighted by Gasteiger charge is -2.38. The van der Waals surface area contributed by atoms with Crippen molar-refractivity contribution in [2.24, 2.45) is 5.10 Å². The van der Waals surface area contributed by atoms with E-state index in [1.54, 1.807) is 0 Å². The van der Waals surface area contributed by atoms with Crippen LogP contribution in [0.3, 0.4) is 0 Å². The van der Waals surface area contributed by atoms with Gasteiger partial charge in [-0.3, -0.25) is 0 Å². The van der Waals surface area contributed by atoms with Crippen LogP contribution in [0.5, 0.6) is 5.75 Å². The van der Waals surface area contributed by atoms with E-state index in [2.05, 4.69) is 96.0 Å². The molecule has 0 spiro atoms. The van der Waals surface area contributed by atoms with E-state index >= 15 is 0 Å². The molecule has 2 aliphatic rings. The van der Waals surface area contributed by atoms with Gasteiger partial charge in [0.15, 0.2) is 0 Å². The molecule has 0 bridgehead atoms. The average Bonchev–Trinajstić information content (AvgIpc) is 3.31. The van der Waals surface area contributed by atoms with Gasteiger partial charge in [-0.25, -0.2) is 5.01 Å². The highest BCUT2D eigenvalue weighted by Crippen LogP contribution is 2.47. The number of hydrazone groups is 1. The number of ether oxygens (including phenoxy) is 1. The Bertz CT molecular complexity index is 1230. The molecule has 4 aromatic rings. The summed E-state index contributed by atoms with van der Waals surface area (Å²) in [6.07, 6.45) is 0.633. The van der Waals surface area contributed by atoms with E-state index in [0.717, 1.165) is 23.4 Å². The van der Waals surface area contributed by atoms with Crippen LogP contribution < -0.4 is 4.74 Å². The molecular formula is C28H22N2O. The van der Waals surface area contributed by atoms with Gasteiger partial charge in [-0.2, -0.15) is 5.10 Å². The van der Waals surface area contributed by atoms with Crippen LogP contribution in [-0.4, -0.2) is 10.7 Å². The van der Waals surface area contributed by atoms with Crippen LogP contribution in [0.25, 0.3) is 11.1 Å². The first-order valence-corrected chi connectivity index (χ1v) is 10.7. The summed E-state index contributed by atoms with van der Waals surface area (Å²) in [4.78, 5) is 0. The van der Waals surface area contributed by atoms with Crippen molar-refractivity contribution in [3.8, 4) is 16.9 Å². The highest BCUT2D eigenvalue weighted by atomic mass is 16.5. The summed E-state index contributed by atoms with van der Waals surface area (Å²) < 4.78 is 6.48. The number of hydrogen-bond acceptors (Lipinski definition) is 3. The van der Waals surface area contributed by atoms with Gasteiger partial charge in [0.25, 0.3) is 0 Å². The molecule has 150 valence electrons. The van der Waals surface area contributed by atoms with E-state index in [1.165, 1.54) is 22.3 Å². The number of fused-ring (bicyclic) bond motifs is 3. The summed E-state index contributed by atoms with van der Waals surface area (Å²) in [6.45, 7) is 0. The lowest BCUT2D eigenvalue weighted by molar-refractivity contribution is -0.0190. The second-order valence-electron chi connectivity index (χ2n) is 8.01. The predicted molar refractivity (Wildman–Crippen MR) is 124 cm³/mol. The van der Waals surface area contributed by atoms with E-state index in [9.17, 15) is 0 Å². The summed E-state index contributed by atoms with van der Waals surface area (Å²) in [5.74, 6) is 0.949. The number of para-hydroxylation sites is 1. The molecule has 2 aliphatic heterocycles. The molecular weight excluding hydrogens is 380 g/mol. The molecule has 0 amide bonds. The minimum atomic E-state index is -0.245. The second-order valence-corrected chi connectivity index (χ2v) is 8.01. The summed E-state index contributed by atoms with van der Waals surface area (Å²) in [5, 5.41) is 7.18. The summed E-state index contributed by atoms with van der Waals surface area (Å²) in [7, 11) is 0. The van der Waals surface area contributed by atoms with Crippen LogP contribution in [0.1, 0.15) is 35.4 Å². The Morgan fingerprint density at radius 1 is 0.645 bits per heavy atom. The zero-order valence-electron chi connectivity index (χ0n) is 17.1. The van der Waals surface area contributed by atoms with E-state index in [1.807, 2.05) is 18.2 Å². The first-order chi connectivity index (χ1) is 15.4. The van der Waals surface area contributed by atoms with Gasteiger partial charge in [0.1, 0.15) is 5.75 Å². The van der Waals surface area contributed by atoms with Crippen LogP contribution in [-0.2, 0) is 0 Å². The maximum Gasteiger partial charge on any atom is 0.213 e. The zero-order chi connectivity index (χ0) is 20.6. The van der Waals surface area contributed by atoms with Crippen LogP contribution in [0.2, 0.25) is 0 Å². The molecule has 0 radical (unpaired) electrons. The van der Waals surface area contributed by atoms with Crippen molar-refractivity contribution in [2.45, 2.75) is 18.7 Å². The Hall–Kier alpha value is -3.85. The molecule has 3 nitrogen and oxygen atoms in total. The summed E-state index contributed by atoms with van der Waals surface area (Å²) in [6, 6.07) is 38.1.